The first-order valence-electron chi connectivity index (χ1n) is 7.74. The van der Waals surface area contributed by atoms with Gasteiger partial charge in [0, 0.05) is 39.6 Å². The number of amides is 1. The molecule has 134 valence electrons. The average molecular weight is 513 g/mol. The lowest BCUT2D eigenvalue weighted by Gasteiger charge is -2.36. The fraction of sp³-hybridized carbons (Fsp3) is 0.500. The van der Waals surface area contributed by atoms with Crippen molar-refractivity contribution in [3.63, 3.8) is 0 Å². The van der Waals surface area contributed by atoms with Crippen LogP contribution in [-0.4, -0.2) is 54.4 Å². The Morgan fingerprint density at radius 3 is 2.46 bits per heavy atom. The van der Waals surface area contributed by atoms with Crippen LogP contribution in [0.4, 0.5) is 4.39 Å². The number of nitrogens with zero attached hydrogens (tertiary/aromatic N) is 3. The Morgan fingerprint density at radius 2 is 1.92 bits per heavy atom. The Kier molecular flexibility index (Phi) is 8.96. The summed E-state index contributed by atoms with van der Waals surface area (Å²) in [7, 11) is 0. The van der Waals surface area contributed by atoms with Gasteiger partial charge in [0.1, 0.15) is 5.82 Å². The van der Waals surface area contributed by atoms with Gasteiger partial charge in [-0.3, -0.25) is 4.79 Å². The second kappa shape index (κ2) is 10.2. The van der Waals surface area contributed by atoms with Crippen molar-refractivity contribution < 1.29 is 9.18 Å². The third-order valence-corrected chi connectivity index (χ3v) is 4.40. The monoisotopic (exact) mass is 512 g/mol. The molecule has 1 N–H and O–H groups in total. The maximum absolute atomic E-state index is 13.6. The highest BCUT2D eigenvalue weighted by Gasteiger charge is 2.20. The van der Waals surface area contributed by atoms with Crippen molar-refractivity contribution in [3.05, 3.63) is 34.1 Å². The van der Waals surface area contributed by atoms with Crippen LogP contribution in [0.2, 0.25) is 0 Å². The summed E-state index contributed by atoms with van der Waals surface area (Å²) in [4.78, 5) is 20.0. The molecule has 0 bridgehead atoms. The van der Waals surface area contributed by atoms with Crippen molar-refractivity contribution in [2.45, 2.75) is 20.4 Å². The molecule has 0 aromatic heterocycles. The highest BCUT2D eigenvalue weighted by atomic mass is 127. The average Bonchev–Trinajstić information content (AvgIpc) is 2.54. The van der Waals surface area contributed by atoms with Gasteiger partial charge in [-0.25, -0.2) is 9.38 Å². The molecule has 1 saturated heterocycles. The van der Waals surface area contributed by atoms with Gasteiger partial charge in [0.25, 0.3) is 0 Å². The number of halogens is 3. The Labute approximate surface area is 167 Å². The molecule has 0 spiro atoms. The van der Waals surface area contributed by atoms with Crippen LogP contribution in [0, 0.1) is 5.82 Å². The minimum Gasteiger partial charge on any atom is -0.357 e. The van der Waals surface area contributed by atoms with E-state index in [0.29, 0.717) is 24.1 Å². The van der Waals surface area contributed by atoms with Crippen LogP contribution in [0.1, 0.15) is 19.4 Å². The van der Waals surface area contributed by atoms with Gasteiger partial charge in [0.2, 0.25) is 5.91 Å². The molecule has 0 radical (unpaired) electrons. The lowest BCUT2D eigenvalue weighted by molar-refractivity contribution is -0.130. The molecular weight excluding hydrogens is 490 g/mol. The molecule has 2 rings (SSSR count). The van der Waals surface area contributed by atoms with Crippen LogP contribution in [0.25, 0.3) is 0 Å². The number of hydrogen-bond acceptors (Lipinski definition) is 2. The number of hydrogen-bond donors (Lipinski definition) is 1. The minimum absolute atomic E-state index is 0. The van der Waals surface area contributed by atoms with Gasteiger partial charge in [-0.2, -0.15) is 0 Å². The van der Waals surface area contributed by atoms with E-state index < -0.39 is 0 Å². The molecule has 8 heteroatoms. The first kappa shape index (κ1) is 21.1. The molecule has 1 heterocycles. The number of aliphatic imine (C=N–C) groups is 1. The quantitative estimate of drug-likeness (QED) is 0.385. The van der Waals surface area contributed by atoms with E-state index >= 15 is 0 Å². The summed E-state index contributed by atoms with van der Waals surface area (Å²) in [5.74, 6) is 0.633. The highest BCUT2D eigenvalue weighted by Crippen LogP contribution is 2.17. The topological polar surface area (TPSA) is 47.9 Å². The molecule has 24 heavy (non-hydrogen) atoms. The summed E-state index contributed by atoms with van der Waals surface area (Å²) in [5.41, 5.74) is 0.823. The first-order chi connectivity index (χ1) is 11.0. The molecule has 1 aromatic rings. The molecule has 0 unspecified atom stereocenters. The van der Waals surface area contributed by atoms with Crippen molar-refractivity contribution in [2.24, 2.45) is 4.99 Å². The van der Waals surface area contributed by atoms with Gasteiger partial charge in [0.05, 0.1) is 11.0 Å². The standard InChI is InChI=1S/C16H22BrFN4O.HI/c1-3-19-16(22-8-6-21(7-9-22)12(2)23)20-11-13-4-5-14(17)15(18)10-13;/h4-5,10H,3,6-9,11H2,1-2H3,(H,19,20);1H. The van der Waals surface area contributed by atoms with E-state index in [0.717, 1.165) is 31.2 Å². The fourth-order valence-electron chi connectivity index (χ4n) is 2.46. The summed E-state index contributed by atoms with van der Waals surface area (Å²) in [6.07, 6.45) is 0. The van der Waals surface area contributed by atoms with Gasteiger partial charge >= 0.3 is 0 Å². The molecule has 1 aliphatic rings. The molecular formula is C16H23BrFIN4O. The molecule has 0 atom stereocenters. The van der Waals surface area contributed by atoms with E-state index in [4.69, 9.17) is 0 Å². The summed E-state index contributed by atoms with van der Waals surface area (Å²) in [6, 6.07) is 5.04. The third kappa shape index (κ3) is 5.87. The van der Waals surface area contributed by atoms with E-state index in [2.05, 4.69) is 31.1 Å². The lowest BCUT2D eigenvalue weighted by Crippen LogP contribution is -2.53. The molecule has 1 fully saturated rings. The number of nitrogens with one attached hydrogen (secondary N) is 1. The maximum atomic E-state index is 13.6. The van der Waals surface area contributed by atoms with Crippen LogP contribution < -0.4 is 5.32 Å². The SMILES string of the molecule is CCNC(=NCc1ccc(Br)c(F)c1)N1CCN(C(C)=O)CC1.I. The molecule has 1 aromatic carbocycles. The summed E-state index contributed by atoms with van der Waals surface area (Å²) in [5, 5.41) is 3.26. The van der Waals surface area contributed by atoms with Gasteiger partial charge < -0.3 is 15.1 Å². The zero-order valence-corrected chi connectivity index (χ0v) is 17.8. The van der Waals surface area contributed by atoms with Gasteiger partial charge in [0.15, 0.2) is 5.96 Å². The summed E-state index contributed by atoms with van der Waals surface area (Å²) < 4.78 is 14.0. The van der Waals surface area contributed by atoms with Crippen LogP contribution in [0.5, 0.6) is 0 Å². The Morgan fingerprint density at radius 1 is 1.29 bits per heavy atom. The van der Waals surface area contributed by atoms with Crippen molar-refractivity contribution in [1.82, 2.24) is 15.1 Å². The van der Waals surface area contributed by atoms with Crippen LogP contribution >= 0.6 is 39.9 Å². The Bertz CT molecular complexity index is 591. The number of piperazine rings is 1. The molecule has 0 aliphatic carbocycles. The van der Waals surface area contributed by atoms with Crippen molar-refractivity contribution in [3.8, 4) is 0 Å². The molecule has 5 nitrogen and oxygen atoms in total. The van der Waals surface area contributed by atoms with E-state index in [1.165, 1.54) is 6.07 Å². The van der Waals surface area contributed by atoms with Crippen molar-refractivity contribution in [1.29, 1.82) is 0 Å². The number of guanidine groups is 1. The van der Waals surface area contributed by atoms with E-state index in [1.54, 1.807) is 13.0 Å². The van der Waals surface area contributed by atoms with Gasteiger partial charge in [-0.1, -0.05) is 6.07 Å². The largest absolute Gasteiger partial charge is 0.357 e. The Balaban J connectivity index is 0.00000288. The zero-order chi connectivity index (χ0) is 16.8. The van der Waals surface area contributed by atoms with Crippen LogP contribution in [-0.2, 0) is 11.3 Å². The zero-order valence-electron chi connectivity index (χ0n) is 13.9. The smallest absolute Gasteiger partial charge is 0.219 e. The van der Waals surface area contributed by atoms with Gasteiger partial charge in [-0.05, 0) is 40.5 Å². The molecule has 1 amide bonds. The predicted octanol–water partition coefficient (Wildman–Crippen LogP) is 2.84. The van der Waals surface area contributed by atoms with E-state index in [1.807, 2.05) is 17.9 Å². The summed E-state index contributed by atoms with van der Waals surface area (Å²) >= 11 is 3.15. The lowest BCUT2D eigenvalue weighted by atomic mass is 10.2. The van der Waals surface area contributed by atoms with Crippen molar-refractivity contribution in [2.75, 3.05) is 32.7 Å². The van der Waals surface area contributed by atoms with E-state index in [-0.39, 0.29) is 35.7 Å². The minimum atomic E-state index is -0.280. The highest BCUT2D eigenvalue weighted by molar-refractivity contribution is 14.0. The van der Waals surface area contributed by atoms with Crippen LogP contribution in [0.3, 0.4) is 0 Å². The first-order valence-corrected chi connectivity index (χ1v) is 8.53. The second-order valence-corrected chi connectivity index (χ2v) is 6.27. The van der Waals surface area contributed by atoms with E-state index in [9.17, 15) is 9.18 Å². The number of carbonyl (C=O) groups is 1. The fourth-order valence-corrected chi connectivity index (χ4v) is 2.71. The maximum Gasteiger partial charge on any atom is 0.219 e. The van der Waals surface area contributed by atoms with Crippen molar-refractivity contribution >= 4 is 51.8 Å². The number of carbonyl (C=O) groups excluding carboxylic acids is 1. The normalized spacial score (nSPS) is 15.1. The molecule has 1 aliphatic heterocycles. The van der Waals surface area contributed by atoms with Crippen LogP contribution in [0.15, 0.2) is 27.7 Å². The summed E-state index contributed by atoms with van der Waals surface area (Å²) in [6.45, 7) is 7.69. The molecule has 0 saturated carbocycles. The van der Waals surface area contributed by atoms with Gasteiger partial charge in [-0.15, -0.1) is 24.0 Å². The Hall–Kier alpha value is -0.900. The second-order valence-electron chi connectivity index (χ2n) is 5.41. The number of rotatable bonds is 3. The number of benzene rings is 1. The predicted molar refractivity (Wildman–Crippen MR) is 108 cm³/mol. The third-order valence-electron chi connectivity index (χ3n) is 3.75.